The summed E-state index contributed by atoms with van der Waals surface area (Å²) in [5.41, 5.74) is 6.10. The second-order valence-electron chi connectivity index (χ2n) is 8.52. The van der Waals surface area contributed by atoms with E-state index in [-0.39, 0.29) is 11.6 Å². The Morgan fingerprint density at radius 3 is 2.69 bits per heavy atom. The molecule has 35 heavy (non-hydrogen) atoms. The quantitative estimate of drug-likeness (QED) is 0.352. The third kappa shape index (κ3) is 3.75. The molecule has 7 heteroatoms. The Morgan fingerprint density at radius 1 is 1.06 bits per heavy atom. The van der Waals surface area contributed by atoms with Crippen LogP contribution in [0.3, 0.4) is 0 Å². The molecule has 0 N–H and O–H groups in total. The van der Waals surface area contributed by atoms with E-state index in [1.54, 1.807) is 19.2 Å². The zero-order valence-corrected chi connectivity index (χ0v) is 21.1. The Bertz CT molecular complexity index is 1700. The second-order valence-corrected chi connectivity index (χ2v) is 10.4. The van der Waals surface area contributed by atoms with E-state index in [4.69, 9.17) is 32.9 Å². The smallest absolute Gasteiger partial charge is 0.271 e. The van der Waals surface area contributed by atoms with Crippen LogP contribution in [0.4, 0.5) is 0 Å². The average Bonchev–Trinajstić information content (AvgIpc) is 3.19. The summed E-state index contributed by atoms with van der Waals surface area (Å²) in [6.45, 7) is 0. The first kappa shape index (κ1) is 22.4. The van der Waals surface area contributed by atoms with Crippen LogP contribution in [0.1, 0.15) is 34.7 Å². The van der Waals surface area contributed by atoms with Crippen LogP contribution in [-0.4, -0.2) is 11.7 Å². The molecule has 0 fully saturated rings. The maximum absolute atomic E-state index is 13.8. The van der Waals surface area contributed by atoms with Crippen LogP contribution in [0.25, 0.3) is 11.8 Å². The van der Waals surface area contributed by atoms with Gasteiger partial charge in [-0.1, -0.05) is 83.1 Å². The molecule has 0 saturated heterocycles. The molecule has 0 bridgehead atoms. The maximum Gasteiger partial charge on any atom is 0.271 e. The van der Waals surface area contributed by atoms with Gasteiger partial charge in [-0.05, 0) is 53.8 Å². The Labute approximate surface area is 216 Å². The van der Waals surface area contributed by atoms with Crippen LogP contribution in [-0.2, 0) is 6.42 Å². The number of ether oxygens (including phenoxy) is 1. The van der Waals surface area contributed by atoms with E-state index in [0.717, 1.165) is 46.6 Å². The predicted molar refractivity (Wildman–Crippen MR) is 142 cm³/mol. The summed E-state index contributed by atoms with van der Waals surface area (Å²) < 4.78 is 8.11. The number of rotatable bonds is 3. The number of allylic oxidation sites excluding steroid dienone is 1. The highest BCUT2D eigenvalue weighted by Gasteiger charge is 2.33. The Morgan fingerprint density at radius 2 is 1.86 bits per heavy atom. The van der Waals surface area contributed by atoms with Gasteiger partial charge in [0.1, 0.15) is 5.75 Å². The monoisotopic (exact) mass is 518 g/mol. The summed E-state index contributed by atoms with van der Waals surface area (Å²) in [5.74, 6) is 0.750. The fourth-order valence-corrected chi connectivity index (χ4v) is 6.41. The Hall–Kier alpha value is -3.12. The van der Waals surface area contributed by atoms with E-state index < -0.39 is 0 Å². The molecule has 2 heterocycles. The van der Waals surface area contributed by atoms with Gasteiger partial charge in [-0.3, -0.25) is 9.36 Å². The summed E-state index contributed by atoms with van der Waals surface area (Å²) >= 11 is 13.9. The van der Waals surface area contributed by atoms with Crippen molar-refractivity contribution in [3.63, 3.8) is 0 Å². The van der Waals surface area contributed by atoms with Crippen LogP contribution in [0.2, 0.25) is 10.0 Å². The molecule has 0 unspecified atom stereocenters. The minimum Gasteiger partial charge on any atom is -0.496 e. The van der Waals surface area contributed by atoms with E-state index in [1.165, 1.54) is 16.9 Å². The van der Waals surface area contributed by atoms with Crippen LogP contribution in [0.5, 0.6) is 5.75 Å². The van der Waals surface area contributed by atoms with Gasteiger partial charge in [0.15, 0.2) is 4.80 Å². The Kier molecular flexibility index (Phi) is 5.64. The fourth-order valence-electron chi connectivity index (χ4n) is 4.95. The van der Waals surface area contributed by atoms with Crippen molar-refractivity contribution in [2.75, 3.05) is 7.11 Å². The van der Waals surface area contributed by atoms with Gasteiger partial charge in [-0.15, -0.1) is 0 Å². The molecule has 0 radical (unpaired) electrons. The van der Waals surface area contributed by atoms with Crippen molar-refractivity contribution in [3.8, 4) is 5.75 Å². The number of thiazole rings is 1. The normalized spacial score (nSPS) is 16.9. The number of aromatic nitrogens is 1. The summed E-state index contributed by atoms with van der Waals surface area (Å²) in [4.78, 5) is 19.6. The number of hydrogen-bond acceptors (Lipinski definition) is 4. The molecule has 4 aromatic rings. The number of benzene rings is 3. The van der Waals surface area contributed by atoms with E-state index in [9.17, 15) is 4.79 Å². The molecule has 2 aliphatic rings. The first-order valence-electron chi connectivity index (χ1n) is 11.3. The lowest BCUT2D eigenvalue weighted by Gasteiger charge is -2.31. The molecule has 0 amide bonds. The van der Waals surface area contributed by atoms with Crippen molar-refractivity contribution in [3.05, 3.63) is 124 Å². The van der Waals surface area contributed by atoms with E-state index >= 15 is 0 Å². The summed E-state index contributed by atoms with van der Waals surface area (Å²) in [6, 6.07) is 21.3. The first-order chi connectivity index (χ1) is 17.0. The van der Waals surface area contributed by atoms with Gasteiger partial charge < -0.3 is 4.74 Å². The largest absolute Gasteiger partial charge is 0.496 e. The van der Waals surface area contributed by atoms with Gasteiger partial charge in [-0.2, -0.15) is 0 Å². The molecule has 6 rings (SSSR count). The highest BCUT2D eigenvalue weighted by Crippen LogP contribution is 2.43. The molecule has 1 atom stereocenters. The first-order valence-corrected chi connectivity index (χ1v) is 12.8. The lowest BCUT2D eigenvalue weighted by Crippen LogP contribution is -2.39. The van der Waals surface area contributed by atoms with Crippen LogP contribution in [0, 0.1) is 0 Å². The third-order valence-electron chi connectivity index (χ3n) is 6.56. The van der Waals surface area contributed by atoms with Gasteiger partial charge in [0.2, 0.25) is 0 Å². The molecule has 4 nitrogen and oxygen atoms in total. The molecule has 1 aliphatic heterocycles. The highest BCUT2D eigenvalue weighted by atomic mass is 35.5. The van der Waals surface area contributed by atoms with Crippen molar-refractivity contribution in [1.29, 1.82) is 0 Å². The van der Waals surface area contributed by atoms with Gasteiger partial charge in [0, 0.05) is 21.2 Å². The van der Waals surface area contributed by atoms with Gasteiger partial charge in [0.05, 0.1) is 23.4 Å². The number of halogens is 2. The minimum absolute atomic E-state index is 0.0962. The maximum atomic E-state index is 13.8. The molecule has 0 saturated carbocycles. The van der Waals surface area contributed by atoms with Gasteiger partial charge in [0.25, 0.3) is 5.56 Å². The minimum atomic E-state index is -0.298. The molecule has 1 aliphatic carbocycles. The third-order valence-corrected chi connectivity index (χ3v) is 8.10. The SMILES string of the molecule is COc1ccccc1[C@H]1C2=C(N=c3s/c(=C\c4ccc(Cl)cc4Cl)c(=O)n31)c1ccccc1CC2. The van der Waals surface area contributed by atoms with Crippen LogP contribution in [0.15, 0.2) is 82.1 Å². The zero-order valence-electron chi connectivity index (χ0n) is 18.8. The number of nitrogens with zero attached hydrogens (tertiary/aromatic N) is 2. The topological polar surface area (TPSA) is 43.6 Å². The Balaban J connectivity index is 1.65. The van der Waals surface area contributed by atoms with Crippen molar-refractivity contribution in [2.24, 2.45) is 4.99 Å². The predicted octanol–water partition coefficient (Wildman–Crippen LogP) is 5.63. The summed E-state index contributed by atoms with van der Waals surface area (Å²) in [7, 11) is 1.66. The lowest BCUT2D eigenvalue weighted by atomic mass is 9.83. The van der Waals surface area contributed by atoms with Crippen LogP contribution < -0.4 is 19.6 Å². The van der Waals surface area contributed by atoms with Crippen molar-refractivity contribution in [2.45, 2.75) is 18.9 Å². The lowest BCUT2D eigenvalue weighted by molar-refractivity contribution is 0.402. The van der Waals surface area contributed by atoms with Crippen molar-refractivity contribution in [1.82, 2.24) is 4.57 Å². The number of methoxy groups -OCH3 is 1. The van der Waals surface area contributed by atoms with Crippen molar-refractivity contribution >= 4 is 46.3 Å². The zero-order chi connectivity index (χ0) is 24.1. The molecule has 0 spiro atoms. The molecular formula is C28H20Cl2N2O2S. The number of fused-ring (bicyclic) bond motifs is 3. The van der Waals surface area contributed by atoms with E-state index in [2.05, 4.69) is 18.2 Å². The second kappa shape index (κ2) is 8.83. The van der Waals surface area contributed by atoms with E-state index in [1.807, 2.05) is 47.0 Å². The van der Waals surface area contributed by atoms with E-state index in [0.29, 0.717) is 19.4 Å². The number of aryl methyl sites for hydroxylation is 1. The molecule has 174 valence electrons. The standard InChI is InChI=1S/C28H20Cl2N2O2S/c1-34-23-9-5-4-8-20(23)26-21-13-11-16-6-2-3-7-19(16)25(21)31-28-32(26)27(33)24(35-28)14-17-10-12-18(29)15-22(17)30/h2-10,12,14-15,26H,11,13H2,1H3/b24-14-/t26-/m0/s1. The molecular weight excluding hydrogens is 499 g/mol. The van der Waals surface area contributed by atoms with Crippen molar-refractivity contribution < 1.29 is 4.74 Å². The molecule has 1 aromatic heterocycles. The van der Waals surface area contributed by atoms with Crippen LogP contribution >= 0.6 is 34.5 Å². The highest BCUT2D eigenvalue weighted by molar-refractivity contribution is 7.07. The summed E-state index contributed by atoms with van der Waals surface area (Å²) in [5, 5.41) is 1.05. The van der Waals surface area contributed by atoms with Gasteiger partial charge in [-0.25, -0.2) is 4.99 Å². The number of para-hydroxylation sites is 1. The average molecular weight is 519 g/mol. The molecule has 3 aromatic carbocycles. The summed E-state index contributed by atoms with van der Waals surface area (Å²) in [6.07, 6.45) is 3.55. The number of hydrogen-bond donors (Lipinski definition) is 0. The fraction of sp³-hybridized carbons (Fsp3) is 0.143. The van der Waals surface area contributed by atoms with Gasteiger partial charge >= 0.3 is 0 Å².